The molecule has 0 spiro atoms. The van der Waals surface area contributed by atoms with Gasteiger partial charge in [0.25, 0.3) is 0 Å². The molecule has 0 radical (unpaired) electrons. The van der Waals surface area contributed by atoms with Crippen LogP contribution in [0.1, 0.15) is 25.4 Å². The van der Waals surface area contributed by atoms with E-state index in [4.69, 9.17) is 4.42 Å². The number of anilines is 1. The summed E-state index contributed by atoms with van der Waals surface area (Å²) >= 11 is 1.38. The third kappa shape index (κ3) is 3.71. The van der Waals surface area contributed by atoms with Gasteiger partial charge < -0.3 is 9.73 Å². The SMILES string of the molecule is CC(C)Cc1nsc(NCc2coc(-c3ccccc3)n2)n1. The predicted octanol–water partition coefficient (Wildman–Crippen LogP) is 4.00. The molecular formula is C16H18N4OS. The maximum Gasteiger partial charge on any atom is 0.226 e. The van der Waals surface area contributed by atoms with Crippen molar-refractivity contribution < 1.29 is 4.42 Å². The number of benzene rings is 1. The van der Waals surface area contributed by atoms with Crippen molar-refractivity contribution in [3.05, 3.63) is 48.1 Å². The fourth-order valence-corrected chi connectivity index (χ4v) is 2.63. The second kappa shape index (κ2) is 6.70. The molecule has 2 heterocycles. The molecule has 0 unspecified atom stereocenters. The van der Waals surface area contributed by atoms with Crippen LogP contribution in [0.5, 0.6) is 0 Å². The molecule has 114 valence electrons. The van der Waals surface area contributed by atoms with Gasteiger partial charge in [-0.2, -0.15) is 4.37 Å². The van der Waals surface area contributed by atoms with Gasteiger partial charge in [0, 0.05) is 23.5 Å². The molecule has 0 aliphatic rings. The Morgan fingerprint density at radius 1 is 1.18 bits per heavy atom. The fourth-order valence-electron chi connectivity index (χ4n) is 2.04. The van der Waals surface area contributed by atoms with Crippen LogP contribution in [-0.4, -0.2) is 14.3 Å². The van der Waals surface area contributed by atoms with E-state index in [0.29, 0.717) is 18.4 Å². The number of nitrogens with zero attached hydrogens (tertiary/aromatic N) is 3. The highest BCUT2D eigenvalue weighted by Crippen LogP contribution is 2.19. The van der Waals surface area contributed by atoms with Crippen molar-refractivity contribution in [2.75, 3.05) is 5.32 Å². The van der Waals surface area contributed by atoms with Crippen molar-refractivity contribution >= 4 is 16.7 Å². The molecule has 0 fully saturated rings. The number of aromatic nitrogens is 3. The molecule has 3 rings (SSSR count). The average molecular weight is 314 g/mol. The summed E-state index contributed by atoms with van der Waals surface area (Å²) in [5.74, 6) is 2.09. The molecule has 1 aromatic carbocycles. The van der Waals surface area contributed by atoms with Crippen molar-refractivity contribution in [1.29, 1.82) is 0 Å². The van der Waals surface area contributed by atoms with E-state index in [9.17, 15) is 0 Å². The number of oxazole rings is 1. The molecule has 22 heavy (non-hydrogen) atoms. The molecular weight excluding hydrogens is 296 g/mol. The molecule has 0 bridgehead atoms. The van der Waals surface area contributed by atoms with E-state index in [-0.39, 0.29) is 0 Å². The lowest BCUT2D eigenvalue weighted by atomic mass is 10.1. The standard InChI is InChI=1S/C16H18N4OS/c1-11(2)8-14-19-16(22-20-14)17-9-13-10-21-15(18-13)12-6-4-3-5-7-12/h3-7,10-11H,8-9H2,1-2H3,(H,17,19,20). The first-order valence-electron chi connectivity index (χ1n) is 7.27. The minimum atomic E-state index is 0.562. The van der Waals surface area contributed by atoms with Crippen LogP contribution in [0.4, 0.5) is 5.13 Å². The van der Waals surface area contributed by atoms with Crippen molar-refractivity contribution in [1.82, 2.24) is 14.3 Å². The van der Waals surface area contributed by atoms with Crippen LogP contribution in [0.25, 0.3) is 11.5 Å². The molecule has 3 aromatic rings. The lowest BCUT2D eigenvalue weighted by Gasteiger charge is -1.99. The highest BCUT2D eigenvalue weighted by molar-refractivity contribution is 7.09. The summed E-state index contributed by atoms with van der Waals surface area (Å²) < 4.78 is 9.86. The molecule has 6 heteroatoms. The van der Waals surface area contributed by atoms with Crippen LogP contribution in [-0.2, 0) is 13.0 Å². The molecule has 0 atom stereocenters. The first-order chi connectivity index (χ1) is 10.7. The Hall–Kier alpha value is -2.21. The van der Waals surface area contributed by atoms with Gasteiger partial charge >= 0.3 is 0 Å². The molecule has 2 aromatic heterocycles. The van der Waals surface area contributed by atoms with Crippen molar-refractivity contribution in [3.63, 3.8) is 0 Å². The Kier molecular flexibility index (Phi) is 4.48. The number of hydrogen-bond donors (Lipinski definition) is 1. The zero-order valence-electron chi connectivity index (χ0n) is 12.6. The third-order valence-corrected chi connectivity index (χ3v) is 3.76. The first-order valence-corrected chi connectivity index (χ1v) is 8.04. The van der Waals surface area contributed by atoms with Crippen LogP contribution < -0.4 is 5.32 Å². The van der Waals surface area contributed by atoms with Gasteiger partial charge in [0.2, 0.25) is 11.0 Å². The molecule has 5 nitrogen and oxygen atoms in total. The van der Waals surface area contributed by atoms with E-state index in [1.807, 2.05) is 30.3 Å². The van der Waals surface area contributed by atoms with Crippen LogP contribution in [0.15, 0.2) is 41.0 Å². The van der Waals surface area contributed by atoms with E-state index >= 15 is 0 Å². The minimum absolute atomic E-state index is 0.562. The summed E-state index contributed by atoms with van der Waals surface area (Å²) in [6, 6.07) is 9.86. The fraction of sp³-hybridized carbons (Fsp3) is 0.312. The van der Waals surface area contributed by atoms with E-state index < -0.39 is 0 Å². The smallest absolute Gasteiger partial charge is 0.226 e. The van der Waals surface area contributed by atoms with Gasteiger partial charge in [-0.15, -0.1) is 0 Å². The van der Waals surface area contributed by atoms with Gasteiger partial charge in [0.1, 0.15) is 12.1 Å². The quantitative estimate of drug-likeness (QED) is 0.745. The second-order valence-electron chi connectivity index (χ2n) is 5.48. The van der Waals surface area contributed by atoms with Crippen molar-refractivity contribution in [2.24, 2.45) is 5.92 Å². The Balaban J connectivity index is 1.60. The maximum atomic E-state index is 5.51. The van der Waals surface area contributed by atoms with E-state index in [0.717, 1.165) is 28.6 Å². The van der Waals surface area contributed by atoms with Crippen LogP contribution in [0.2, 0.25) is 0 Å². The zero-order valence-corrected chi connectivity index (χ0v) is 13.4. The predicted molar refractivity (Wildman–Crippen MR) is 87.7 cm³/mol. The summed E-state index contributed by atoms with van der Waals surface area (Å²) in [5, 5.41) is 4.06. The largest absolute Gasteiger partial charge is 0.444 e. The zero-order chi connectivity index (χ0) is 15.4. The van der Waals surface area contributed by atoms with Gasteiger partial charge in [0.05, 0.1) is 12.2 Å². The Morgan fingerprint density at radius 3 is 2.77 bits per heavy atom. The van der Waals surface area contributed by atoms with Crippen LogP contribution >= 0.6 is 11.5 Å². The number of rotatable bonds is 6. The summed E-state index contributed by atoms with van der Waals surface area (Å²) in [6.45, 7) is 4.90. The normalized spacial score (nSPS) is 11.0. The van der Waals surface area contributed by atoms with Gasteiger partial charge in [-0.25, -0.2) is 9.97 Å². The van der Waals surface area contributed by atoms with E-state index in [1.54, 1.807) is 6.26 Å². The second-order valence-corrected chi connectivity index (χ2v) is 6.23. The lowest BCUT2D eigenvalue weighted by molar-refractivity contribution is 0.573. The summed E-state index contributed by atoms with van der Waals surface area (Å²) in [7, 11) is 0. The first kappa shape index (κ1) is 14.7. The van der Waals surface area contributed by atoms with Gasteiger partial charge in [-0.3, -0.25) is 0 Å². The summed E-state index contributed by atoms with van der Waals surface area (Å²) in [4.78, 5) is 8.95. The molecule has 0 saturated carbocycles. The Bertz CT molecular complexity index is 721. The third-order valence-electron chi connectivity index (χ3n) is 3.05. The van der Waals surface area contributed by atoms with Crippen molar-refractivity contribution in [3.8, 4) is 11.5 Å². The number of hydrogen-bond acceptors (Lipinski definition) is 6. The summed E-state index contributed by atoms with van der Waals surface area (Å²) in [5.41, 5.74) is 1.82. The average Bonchev–Trinajstić information content (AvgIpc) is 3.15. The maximum absolute atomic E-state index is 5.51. The monoisotopic (exact) mass is 314 g/mol. The highest BCUT2D eigenvalue weighted by atomic mass is 32.1. The molecule has 0 amide bonds. The van der Waals surface area contributed by atoms with Crippen molar-refractivity contribution in [2.45, 2.75) is 26.8 Å². The molecule has 0 aliphatic carbocycles. The lowest BCUT2D eigenvalue weighted by Crippen LogP contribution is -2.00. The van der Waals surface area contributed by atoms with E-state index in [1.165, 1.54) is 11.5 Å². The van der Waals surface area contributed by atoms with Gasteiger partial charge in [0.15, 0.2) is 0 Å². The summed E-state index contributed by atoms with van der Waals surface area (Å²) in [6.07, 6.45) is 2.58. The topological polar surface area (TPSA) is 63.8 Å². The molecule has 0 saturated heterocycles. The van der Waals surface area contributed by atoms with Gasteiger partial charge in [-0.05, 0) is 18.1 Å². The van der Waals surface area contributed by atoms with Crippen LogP contribution in [0.3, 0.4) is 0 Å². The Morgan fingerprint density at radius 2 is 2.00 bits per heavy atom. The molecule has 0 aliphatic heterocycles. The highest BCUT2D eigenvalue weighted by Gasteiger charge is 2.08. The van der Waals surface area contributed by atoms with E-state index in [2.05, 4.69) is 33.5 Å². The minimum Gasteiger partial charge on any atom is -0.444 e. The van der Waals surface area contributed by atoms with Gasteiger partial charge in [-0.1, -0.05) is 32.0 Å². The Labute approximate surface area is 133 Å². The number of nitrogens with one attached hydrogen (secondary N) is 1. The van der Waals surface area contributed by atoms with Crippen LogP contribution in [0, 0.1) is 5.92 Å². The molecule has 1 N–H and O–H groups in total.